The van der Waals surface area contributed by atoms with Crippen LogP contribution in [0.1, 0.15) is 0 Å². The van der Waals surface area contributed by atoms with Crippen LogP contribution in [0.3, 0.4) is 0 Å². The summed E-state index contributed by atoms with van der Waals surface area (Å²) in [6.45, 7) is 0. The number of benzene rings is 8. The van der Waals surface area contributed by atoms with Crippen LogP contribution in [0.2, 0.25) is 0 Å². The van der Waals surface area contributed by atoms with Gasteiger partial charge < -0.3 is 8.83 Å². The summed E-state index contributed by atoms with van der Waals surface area (Å²) in [5, 5.41) is 10.5. The molecule has 0 fully saturated rings. The van der Waals surface area contributed by atoms with Crippen molar-refractivity contribution in [1.82, 2.24) is 9.97 Å². The monoisotopic (exact) mass is 638 g/mol. The van der Waals surface area contributed by atoms with Crippen molar-refractivity contribution in [3.63, 3.8) is 0 Å². The van der Waals surface area contributed by atoms with E-state index in [1.807, 2.05) is 30.3 Å². The predicted molar refractivity (Wildman–Crippen MR) is 205 cm³/mol. The summed E-state index contributed by atoms with van der Waals surface area (Å²) in [4.78, 5) is 10.5. The van der Waals surface area contributed by atoms with Gasteiger partial charge in [-0.05, 0) is 68.2 Å². The molecule has 0 spiro atoms. The summed E-state index contributed by atoms with van der Waals surface area (Å²) in [7, 11) is 0. The summed E-state index contributed by atoms with van der Waals surface area (Å²) in [5.74, 6) is 0.640. The molecule has 8 aromatic carbocycles. The van der Waals surface area contributed by atoms with Crippen molar-refractivity contribution in [3.05, 3.63) is 158 Å². The Hall–Kier alpha value is -6.78. The van der Waals surface area contributed by atoms with Crippen molar-refractivity contribution in [2.24, 2.45) is 0 Å². The van der Waals surface area contributed by atoms with E-state index in [-0.39, 0.29) is 0 Å². The lowest BCUT2D eigenvalue weighted by molar-refractivity contribution is 0.667. The number of para-hydroxylation sites is 3. The fourth-order valence-corrected chi connectivity index (χ4v) is 7.77. The van der Waals surface area contributed by atoms with Gasteiger partial charge in [-0.3, -0.25) is 0 Å². The first-order valence-electron chi connectivity index (χ1n) is 16.8. The predicted octanol–water partition coefficient (Wildman–Crippen LogP) is 12.7. The fraction of sp³-hybridized carbons (Fsp3) is 0. The molecule has 0 radical (unpaired) electrons. The van der Waals surface area contributed by atoms with Gasteiger partial charge in [0, 0.05) is 32.8 Å². The highest BCUT2D eigenvalue weighted by Gasteiger charge is 2.20. The smallest absolute Gasteiger partial charge is 0.180 e. The molecule has 0 amide bonds. The maximum atomic E-state index is 6.53. The standard InChI is InChI=1S/C46H26N2O2/c1-2-15-33-31(13-1)32-14-3-4-16-34(32)39-26-28(23-24-35(33)39)42-45-43(38-18-6-8-22-41(38)50-45)48-46(47-42)29-12-9-11-27(25-29)30-19-10-20-37-36-17-5-7-21-40(36)49-44(30)37/h1-26H. The quantitative estimate of drug-likeness (QED) is 0.181. The van der Waals surface area contributed by atoms with E-state index >= 15 is 0 Å². The van der Waals surface area contributed by atoms with Crippen molar-refractivity contribution in [1.29, 1.82) is 0 Å². The minimum Gasteiger partial charge on any atom is -0.455 e. The number of furan rings is 2. The number of rotatable bonds is 3. The molecule has 0 unspecified atom stereocenters. The van der Waals surface area contributed by atoms with Gasteiger partial charge in [-0.1, -0.05) is 127 Å². The van der Waals surface area contributed by atoms with E-state index in [1.165, 1.54) is 32.3 Å². The lowest BCUT2D eigenvalue weighted by atomic mass is 9.93. The molecule has 3 aromatic heterocycles. The summed E-state index contributed by atoms with van der Waals surface area (Å²) in [6, 6.07) is 55.0. The molecule has 11 rings (SSSR count). The van der Waals surface area contributed by atoms with Gasteiger partial charge in [-0.15, -0.1) is 0 Å². The maximum Gasteiger partial charge on any atom is 0.180 e. The molecular formula is C46H26N2O2. The molecule has 0 bridgehead atoms. The van der Waals surface area contributed by atoms with E-state index in [0.29, 0.717) is 11.4 Å². The first kappa shape index (κ1) is 27.2. The van der Waals surface area contributed by atoms with Crippen LogP contribution >= 0.6 is 0 Å². The van der Waals surface area contributed by atoms with Crippen LogP contribution in [0.5, 0.6) is 0 Å². The first-order valence-corrected chi connectivity index (χ1v) is 16.8. The van der Waals surface area contributed by atoms with Crippen molar-refractivity contribution in [3.8, 4) is 33.8 Å². The molecule has 0 saturated heterocycles. The second-order valence-electron chi connectivity index (χ2n) is 12.9. The zero-order chi connectivity index (χ0) is 32.8. The highest BCUT2D eigenvalue weighted by molar-refractivity contribution is 6.26. The molecule has 232 valence electrons. The lowest BCUT2D eigenvalue weighted by Gasteiger charge is -2.12. The minimum absolute atomic E-state index is 0.640. The molecular weight excluding hydrogens is 613 g/mol. The molecule has 50 heavy (non-hydrogen) atoms. The Morgan fingerprint density at radius 2 is 0.900 bits per heavy atom. The number of nitrogens with zero attached hydrogens (tertiary/aromatic N) is 2. The Balaban J connectivity index is 1.15. The van der Waals surface area contributed by atoms with E-state index < -0.39 is 0 Å². The van der Waals surface area contributed by atoms with Gasteiger partial charge in [0.15, 0.2) is 11.4 Å². The third-order valence-corrected chi connectivity index (χ3v) is 10.1. The highest BCUT2D eigenvalue weighted by Crippen LogP contribution is 2.41. The Bertz CT molecular complexity index is 3130. The Morgan fingerprint density at radius 1 is 0.340 bits per heavy atom. The van der Waals surface area contributed by atoms with E-state index in [4.69, 9.17) is 18.8 Å². The zero-order valence-electron chi connectivity index (χ0n) is 26.7. The van der Waals surface area contributed by atoms with Gasteiger partial charge in [0.1, 0.15) is 28.0 Å². The van der Waals surface area contributed by atoms with Crippen LogP contribution in [0, 0.1) is 0 Å². The molecule has 0 saturated carbocycles. The summed E-state index contributed by atoms with van der Waals surface area (Å²) in [6.07, 6.45) is 0. The fourth-order valence-electron chi connectivity index (χ4n) is 7.77. The number of aromatic nitrogens is 2. The van der Waals surface area contributed by atoms with Crippen molar-refractivity contribution < 1.29 is 8.83 Å². The van der Waals surface area contributed by atoms with E-state index in [9.17, 15) is 0 Å². The number of hydrogen-bond acceptors (Lipinski definition) is 4. The second kappa shape index (κ2) is 10.4. The third kappa shape index (κ3) is 3.93. The lowest BCUT2D eigenvalue weighted by Crippen LogP contribution is -1.94. The Labute approximate surface area is 285 Å². The van der Waals surface area contributed by atoms with E-state index in [0.717, 1.165) is 66.4 Å². The van der Waals surface area contributed by atoms with Crippen LogP contribution in [0.4, 0.5) is 0 Å². The van der Waals surface area contributed by atoms with Crippen molar-refractivity contribution >= 4 is 76.3 Å². The third-order valence-electron chi connectivity index (χ3n) is 10.1. The average Bonchev–Trinajstić information content (AvgIpc) is 3.76. The van der Waals surface area contributed by atoms with Crippen LogP contribution in [-0.4, -0.2) is 9.97 Å². The SMILES string of the molecule is c1cc(-c2nc(-c3ccc4c5ccccc5c5ccccc5c4c3)c3oc4ccccc4c3n2)cc(-c2cccc3c2oc2ccccc23)c1. The molecule has 0 aliphatic carbocycles. The van der Waals surface area contributed by atoms with Crippen molar-refractivity contribution in [2.45, 2.75) is 0 Å². The molecule has 11 aromatic rings. The maximum absolute atomic E-state index is 6.53. The molecule has 3 heterocycles. The van der Waals surface area contributed by atoms with Gasteiger partial charge in [0.2, 0.25) is 0 Å². The van der Waals surface area contributed by atoms with Crippen LogP contribution < -0.4 is 0 Å². The van der Waals surface area contributed by atoms with Crippen LogP contribution in [0.15, 0.2) is 167 Å². The molecule has 0 aliphatic rings. The van der Waals surface area contributed by atoms with Gasteiger partial charge in [0.05, 0.1) is 0 Å². The topological polar surface area (TPSA) is 52.1 Å². The zero-order valence-corrected chi connectivity index (χ0v) is 26.7. The van der Waals surface area contributed by atoms with Gasteiger partial charge in [0.25, 0.3) is 0 Å². The number of fused-ring (bicyclic) bond motifs is 12. The minimum atomic E-state index is 0.640. The molecule has 4 heteroatoms. The van der Waals surface area contributed by atoms with Gasteiger partial charge >= 0.3 is 0 Å². The van der Waals surface area contributed by atoms with E-state index in [1.54, 1.807) is 0 Å². The first-order chi connectivity index (χ1) is 24.8. The highest BCUT2D eigenvalue weighted by atomic mass is 16.3. The van der Waals surface area contributed by atoms with Crippen LogP contribution in [0.25, 0.3) is 110 Å². The van der Waals surface area contributed by atoms with Gasteiger partial charge in [-0.2, -0.15) is 0 Å². The normalized spacial score (nSPS) is 12.0. The largest absolute Gasteiger partial charge is 0.455 e. The van der Waals surface area contributed by atoms with E-state index in [2.05, 4.69) is 127 Å². The van der Waals surface area contributed by atoms with Gasteiger partial charge in [-0.25, -0.2) is 9.97 Å². The van der Waals surface area contributed by atoms with Crippen molar-refractivity contribution in [2.75, 3.05) is 0 Å². The molecule has 0 aliphatic heterocycles. The summed E-state index contributed by atoms with van der Waals surface area (Å²) in [5.41, 5.74) is 8.77. The van der Waals surface area contributed by atoms with Crippen LogP contribution in [-0.2, 0) is 0 Å². The summed E-state index contributed by atoms with van der Waals surface area (Å²) < 4.78 is 12.9. The Kier molecular flexibility index (Phi) is 5.63. The molecule has 4 nitrogen and oxygen atoms in total. The molecule has 0 N–H and O–H groups in total. The average molecular weight is 639 g/mol. The summed E-state index contributed by atoms with van der Waals surface area (Å²) >= 11 is 0. The molecule has 0 atom stereocenters. The Morgan fingerprint density at radius 3 is 1.66 bits per heavy atom. The second-order valence-corrected chi connectivity index (χ2v) is 12.9. The number of hydrogen-bond donors (Lipinski definition) is 0.